The van der Waals surface area contributed by atoms with Crippen LogP contribution in [0.1, 0.15) is 23.8 Å². The van der Waals surface area contributed by atoms with E-state index in [9.17, 15) is 9.50 Å². The average molecular weight is 340 g/mol. The quantitative estimate of drug-likeness (QED) is 0.907. The van der Waals surface area contributed by atoms with Crippen LogP contribution in [0, 0.1) is 5.82 Å². The second kappa shape index (κ2) is 7.45. The molecule has 0 spiro atoms. The molecule has 0 radical (unpaired) electrons. The summed E-state index contributed by atoms with van der Waals surface area (Å²) in [5.41, 5.74) is 0.941. The molecule has 1 aliphatic rings. The van der Waals surface area contributed by atoms with Crippen LogP contribution in [0.3, 0.4) is 0 Å². The van der Waals surface area contributed by atoms with E-state index < -0.39 is 11.9 Å². The van der Waals surface area contributed by atoms with Crippen LogP contribution in [0.5, 0.6) is 0 Å². The number of benzene rings is 1. The van der Waals surface area contributed by atoms with Gasteiger partial charge in [-0.05, 0) is 36.2 Å². The molecule has 0 amide bonds. The summed E-state index contributed by atoms with van der Waals surface area (Å²) < 4.78 is 24.1. The van der Waals surface area contributed by atoms with Gasteiger partial charge in [-0.25, -0.2) is 4.39 Å². The Bertz CT molecular complexity index is 635. The lowest BCUT2D eigenvalue weighted by atomic mass is 10.0. The highest BCUT2D eigenvalue weighted by Crippen LogP contribution is 2.25. The molecule has 1 aromatic carbocycles. The highest BCUT2D eigenvalue weighted by molar-refractivity contribution is 6.30. The number of rotatable bonds is 5. The molecule has 124 valence electrons. The van der Waals surface area contributed by atoms with E-state index in [0.717, 1.165) is 12.1 Å². The van der Waals surface area contributed by atoms with Crippen molar-refractivity contribution in [2.24, 2.45) is 0 Å². The second-order valence-electron chi connectivity index (χ2n) is 5.71. The Morgan fingerprint density at radius 1 is 1.39 bits per heavy atom. The van der Waals surface area contributed by atoms with Gasteiger partial charge >= 0.3 is 0 Å². The molecule has 0 aliphatic carbocycles. The summed E-state index contributed by atoms with van der Waals surface area (Å²) in [4.78, 5) is 2.22. The maximum absolute atomic E-state index is 13.3. The molecule has 2 aromatic rings. The number of halogens is 2. The SMILES string of the molecule is OC(CC1COCCN1Cc1ccc(F)c(Cl)c1)c1ccco1. The van der Waals surface area contributed by atoms with Gasteiger partial charge in [0, 0.05) is 19.1 Å². The Hall–Kier alpha value is -1.40. The number of aliphatic hydroxyl groups is 1. The zero-order valence-corrected chi connectivity index (χ0v) is 13.4. The molecular weight excluding hydrogens is 321 g/mol. The van der Waals surface area contributed by atoms with Crippen LogP contribution in [0.15, 0.2) is 41.0 Å². The molecule has 1 fully saturated rings. The third-order valence-corrected chi connectivity index (χ3v) is 4.38. The Balaban J connectivity index is 1.67. The molecule has 2 heterocycles. The second-order valence-corrected chi connectivity index (χ2v) is 6.12. The van der Waals surface area contributed by atoms with Crippen molar-refractivity contribution in [1.82, 2.24) is 4.90 Å². The fourth-order valence-corrected chi connectivity index (χ4v) is 3.04. The normalized spacial score (nSPS) is 20.6. The number of hydrogen-bond acceptors (Lipinski definition) is 4. The largest absolute Gasteiger partial charge is 0.467 e. The first-order chi connectivity index (χ1) is 11.1. The van der Waals surface area contributed by atoms with Crippen molar-refractivity contribution in [3.63, 3.8) is 0 Å². The van der Waals surface area contributed by atoms with Gasteiger partial charge in [-0.3, -0.25) is 4.90 Å². The first-order valence-corrected chi connectivity index (χ1v) is 7.98. The maximum atomic E-state index is 13.3. The molecule has 4 nitrogen and oxygen atoms in total. The maximum Gasteiger partial charge on any atom is 0.141 e. The van der Waals surface area contributed by atoms with E-state index in [-0.39, 0.29) is 11.1 Å². The molecule has 1 aliphatic heterocycles. The monoisotopic (exact) mass is 339 g/mol. The lowest BCUT2D eigenvalue weighted by Gasteiger charge is -2.36. The van der Waals surface area contributed by atoms with Gasteiger partial charge in [0.2, 0.25) is 0 Å². The van der Waals surface area contributed by atoms with Crippen LogP contribution >= 0.6 is 11.6 Å². The summed E-state index contributed by atoms with van der Waals surface area (Å²) in [6.07, 6.45) is 1.40. The molecule has 23 heavy (non-hydrogen) atoms. The van der Waals surface area contributed by atoms with Crippen LogP contribution in [0.2, 0.25) is 5.02 Å². The molecule has 3 rings (SSSR count). The Labute approximate surface area is 139 Å². The Morgan fingerprint density at radius 2 is 2.26 bits per heavy atom. The highest BCUT2D eigenvalue weighted by atomic mass is 35.5. The third kappa shape index (κ3) is 4.12. The lowest BCUT2D eigenvalue weighted by Crippen LogP contribution is -2.45. The molecule has 2 atom stereocenters. The minimum absolute atomic E-state index is 0.0627. The lowest BCUT2D eigenvalue weighted by molar-refractivity contribution is -0.0323. The minimum atomic E-state index is -0.670. The summed E-state index contributed by atoms with van der Waals surface area (Å²) in [6, 6.07) is 8.34. The van der Waals surface area contributed by atoms with E-state index in [2.05, 4.69) is 4.90 Å². The molecule has 1 aromatic heterocycles. The minimum Gasteiger partial charge on any atom is -0.467 e. The van der Waals surface area contributed by atoms with E-state index in [1.165, 1.54) is 6.07 Å². The van der Waals surface area contributed by atoms with E-state index in [0.29, 0.717) is 31.9 Å². The number of morpholine rings is 1. The molecule has 1 N–H and O–H groups in total. The van der Waals surface area contributed by atoms with Crippen molar-refractivity contribution < 1.29 is 18.7 Å². The van der Waals surface area contributed by atoms with Crippen molar-refractivity contribution >= 4 is 11.6 Å². The van der Waals surface area contributed by atoms with Gasteiger partial charge in [0.15, 0.2) is 0 Å². The number of hydrogen-bond donors (Lipinski definition) is 1. The molecule has 1 saturated heterocycles. The fourth-order valence-electron chi connectivity index (χ4n) is 2.84. The molecule has 0 bridgehead atoms. The van der Waals surface area contributed by atoms with E-state index in [1.54, 1.807) is 30.5 Å². The van der Waals surface area contributed by atoms with Crippen molar-refractivity contribution in [1.29, 1.82) is 0 Å². The topological polar surface area (TPSA) is 45.8 Å². The van der Waals surface area contributed by atoms with Crippen molar-refractivity contribution in [2.45, 2.75) is 25.1 Å². The van der Waals surface area contributed by atoms with E-state index >= 15 is 0 Å². The van der Waals surface area contributed by atoms with Crippen molar-refractivity contribution in [3.05, 3.63) is 58.8 Å². The summed E-state index contributed by atoms with van der Waals surface area (Å²) in [6.45, 7) is 2.58. The standard InChI is InChI=1S/C17H19ClFNO3/c18-14-8-12(3-4-15(14)19)10-20-5-7-22-11-13(20)9-16(21)17-2-1-6-23-17/h1-4,6,8,13,16,21H,5,7,9-11H2. The summed E-state index contributed by atoms with van der Waals surface area (Å²) in [5, 5.41) is 10.4. The Kier molecular flexibility index (Phi) is 5.33. The molecular formula is C17H19ClFNO3. The molecule has 2 unspecified atom stereocenters. The first-order valence-electron chi connectivity index (χ1n) is 7.60. The fraction of sp³-hybridized carbons (Fsp3) is 0.412. The first kappa shape index (κ1) is 16.5. The predicted octanol–water partition coefficient (Wildman–Crippen LogP) is 3.40. The number of ether oxygens (including phenoxy) is 1. The number of aliphatic hydroxyl groups excluding tert-OH is 1. The smallest absolute Gasteiger partial charge is 0.141 e. The zero-order valence-electron chi connectivity index (χ0n) is 12.6. The van der Waals surface area contributed by atoms with Gasteiger partial charge in [0.1, 0.15) is 17.7 Å². The van der Waals surface area contributed by atoms with Gasteiger partial charge < -0.3 is 14.3 Å². The third-order valence-electron chi connectivity index (χ3n) is 4.09. The van der Waals surface area contributed by atoms with Crippen molar-refractivity contribution in [2.75, 3.05) is 19.8 Å². The van der Waals surface area contributed by atoms with Crippen LogP contribution in [0.25, 0.3) is 0 Å². The van der Waals surface area contributed by atoms with Gasteiger partial charge in [-0.15, -0.1) is 0 Å². The van der Waals surface area contributed by atoms with Crippen LogP contribution < -0.4 is 0 Å². The van der Waals surface area contributed by atoms with E-state index in [4.69, 9.17) is 20.8 Å². The van der Waals surface area contributed by atoms with Crippen molar-refractivity contribution in [3.8, 4) is 0 Å². The van der Waals surface area contributed by atoms with Crippen LogP contribution in [-0.2, 0) is 11.3 Å². The van der Waals surface area contributed by atoms with E-state index in [1.807, 2.05) is 0 Å². The summed E-state index contributed by atoms with van der Waals surface area (Å²) in [7, 11) is 0. The summed E-state index contributed by atoms with van der Waals surface area (Å²) in [5.74, 6) is 0.141. The van der Waals surface area contributed by atoms with Gasteiger partial charge in [0.25, 0.3) is 0 Å². The predicted molar refractivity (Wildman–Crippen MR) is 84.7 cm³/mol. The number of nitrogens with zero attached hydrogens (tertiary/aromatic N) is 1. The summed E-state index contributed by atoms with van der Waals surface area (Å²) >= 11 is 5.85. The Morgan fingerprint density at radius 3 is 3.00 bits per heavy atom. The average Bonchev–Trinajstić information content (AvgIpc) is 3.07. The highest BCUT2D eigenvalue weighted by Gasteiger charge is 2.27. The van der Waals surface area contributed by atoms with Crippen LogP contribution in [-0.4, -0.2) is 35.8 Å². The number of furan rings is 1. The zero-order chi connectivity index (χ0) is 16.2. The molecule has 0 saturated carbocycles. The van der Waals surface area contributed by atoms with Gasteiger partial charge in [0.05, 0.1) is 24.5 Å². The van der Waals surface area contributed by atoms with Gasteiger partial charge in [-0.2, -0.15) is 0 Å². The van der Waals surface area contributed by atoms with Crippen LogP contribution in [0.4, 0.5) is 4.39 Å². The van der Waals surface area contributed by atoms with Gasteiger partial charge in [-0.1, -0.05) is 17.7 Å². The molecule has 6 heteroatoms.